The van der Waals surface area contributed by atoms with E-state index in [4.69, 9.17) is 4.74 Å². The first-order valence-electron chi connectivity index (χ1n) is 10.3. The second-order valence-electron chi connectivity index (χ2n) is 7.66. The number of halogens is 1. The minimum atomic E-state index is -0.770. The monoisotopic (exact) mass is 414 g/mol. The van der Waals surface area contributed by atoms with E-state index in [0.29, 0.717) is 11.3 Å². The molecule has 6 heteroatoms. The van der Waals surface area contributed by atoms with E-state index < -0.39 is 11.9 Å². The molecule has 30 heavy (non-hydrogen) atoms. The van der Waals surface area contributed by atoms with Gasteiger partial charge in [0.25, 0.3) is 5.91 Å². The molecule has 0 saturated carbocycles. The highest BCUT2D eigenvalue weighted by molar-refractivity contribution is 5.88. The van der Waals surface area contributed by atoms with E-state index in [1.165, 1.54) is 11.0 Å². The number of carbonyl (C=O) groups is 2. The Bertz CT molecular complexity index is 885. The summed E-state index contributed by atoms with van der Waals surface area (Å²) in [7, 11) is 0. The van der Waals surface area contributed by atoms with Gasteiger partial charge in [0.1, 0.15) is 17.6 Å². The summed E-state index contributed by atoms with van der Waals surface area (Å²) in [6.07, 6.45) is 0.773. The maximum absolute atomic E-state index is 14.2. The quantitative estimate of drug-likeness (QED) is 0.671. The molecule has 0 aliphatic heterocycles. The van der Waals surface area contributed by atoms with Gasteiger partial charge in [0.05, 0.1) is 0 Å². The van der Waals surface area contributed by atoms with Gasteiger partial charge in [-0.25, -0.2) is 4.39 Å². The highest BCUT2D eigenvalue weighted by Gasteiger charge is 2.28. The van der Waals surface area contributed by atoms with Crippen molar-refractivity contribution in [3.05, 3.63) is 65.0 Å². The second-order valence-corrected chi connectivity index (χ2v) is 7.66. The van der Waals surface area contributed by atoms with Crippen molar-refractivity contribution in [2.45, 2.75) is 59.7 Å². The molecule has 0 heterocycles. The van der Waals surface area contributed by atoms with Crippen molar-refractivity contribution in [2.75, 3.05) is 6.61 Å². The van der Waals surface area contributed by atoms with Gasteiger partial charge in [-0.2, -0.15) is 0 Å². The fraction of sp³-hybridized carbons (Fsp3) is 0.417. The Morgan fingerprint density at radius 2 is 1.83 bits per heavy atom. The molecule has 2 unspecified atom stereocenters. The maximum Gasteiger partial charge on any atom is 0.261 e. The van der Waals surface area contributed by atoms with Crippen LogP contribution in [0.4, 0.5) is 4.39 Å². The molecule has 0 fully saturated rings. The largest absolute Gasteiger partial charge is 0.483 e. The van der Waals surface area contributed by atoms with Gasteiger partial charge in [-0.1, -0.05) is 42.8 Å². The highest BCUT2D eigenvalue weighted by atomic mass is 19.1. The standard InChI is InChI=1S/C24H31FN2O3/c1-6-18(4)26-24(29)19(5)27(14-20-9-7-8-10-21(20)25)23(28)15-30-22-12-11-16(2)13-17(22)3/h7-13,18-19H,6,14-15H2,1-5H3,(H,26,29). The molecule has 2 aromatic carbocycles. The third kappa shape index (κ3) is 6.31. The minimum Gasteiger partial charge on any atom is -0.483 e. The molecule has 1 N–H and O–H groups in total. The second kappa shape index (κ2) is 10.8. The number of nitrogens with one attached hydrogen (secondary N) is 1. The Morgan fingerprint density at radius 3 is 2.47 bits per heavy atom. The van der Waals surface area contributed by atoms with Crippen molar-refractivity contribution in [1.82, 2.24) is 10.2 Å². The van der Waals surface area contributed by atoms with E-state index in [2.05, 4.69) is 5.32 Å². The summed E-state index contributed by atoms with van der Waals surface area (Å²) in [6, 6.07) is 11.2. The number of hydrogen-bond acceptors (Lipinski definition) is 3. The smallest absolute Gasteiger partial charge is 0.261 e. The summed E-state index contributed by atoms with van der Waals surface area (Å²) in [5, 5.41) is 2.89. The van der Waals surface area contributed by atoms with Crippen LogP contribution in [0.5, 0.6) is 5.75 Å². The van der Waals surface area contributed by atoms with Crippen LogP contribution in [0.2, 0.25) is 0 Å². The lowest BCUT2D eigenvalue weighted by Gasteiger charge is -2.29. The molecule has 162 valence electrons. The van der Waals surface area contributed by atoms with Crippen molar-refractivity contribution < 1.29 is 18.7 Å². The molecule has 0 aromatic heterocycles. The van der Waals surface area contributed by atoms with Crippen molar-refractivity contribution in [3.8, 4) is 5.75 Å². The topological polar surface area (TPSA) is 58.6 Å². The molecule has 2 amide bonds. The molecule has 0 bridgehead atoms. The molecule has 0 aliphatic carbocycles. The molecule has 2 rings (SSSR count). The maximum atomic E-state index is 14.2. The molecule has 5 nitrogen and oxygen atoms in total. The zero-order chi connectivity index (χ0) is 22.3. The van der Waals surface area contributed by atoms with Gasteiger partial charge in [0.15, 0.2) is 6.61 Å². The Hall–Kier alpha value is -2.89. The number of benzene rings is 2. The summed E-state index contributed by atoms with van der Waals surface area (Å²) in [4.78, 5) is 27.0. The Kier molecular flexibility index (Phi) is 8.39. The van der Waals surface area contributed by atoms with Gasteiger partial charge in [-0.15, -0.1) is 0 Å². The van der Waals surface area contributed by atoms with Crippen LogP contribution in [0.15, 0.2) is 42.5 Å². The Labute approximate surface area is 178 Å². The van der Waals surface area contributed by atoms with Crippen LogP contribution in [0, 0.1) is 19.7 Å². The van der Waals surface area contributed by atoms with Crippen LogP contribution < -0.4 is 10.1 Å². The number of nitrogens with zero attached hydrogens (tertiary/aromatic N) is 1. The predicted octanol–water partition coefficient (Wildman–Crippen LogP) is 4.15. The van der Waals surface area contributed by atoms with E-state index in [9.17, 15) is 14.0 Å². The zero-order valence-electron chi connectivity index (χ0n) is 18.4. The van der Waals surface area contributed by atoms with E-state index in [-0.39, 0.29) is 31.0 Å². The first-order chi connectivity index (χ1) is 14.2. The molecule has 2 atom stereocenters. The van der Waals surface area contributed by atoms with E-state index in [1.807, 2.05) is 45.9 Å². The number of carbonyl (C=O) groups excluding carboxylic acids is 2. The van der Waals surface area contributed by atoms with Gasteiger partial charge < -0.3 is 15.0 Å². The van der Waals surface area contributed by atoms with Gasteiger partial charge in [0, 0.05) is 18.2 Å². The van der Waals surface area contributed by atoms with Crippen LogP contribution in [-0.2, 0) is 16.1 Å². The minimum absolute atomic E-state index is 0.0168. The normalized spacial score (nSPS) is 12.7. The van der Waals surface area contributed by atoms with Gasteiger partial charge in [0.2, 0.25) is 5.91 Å². The van der Waals surface area contributed by atoms with Gasteiger partial charge in [-0.05, 0) is 51.8 Å². The van der Waals surface area contributed by atoms with E-state index >= 15 is 0 Å². The number of aryl methyl sites for hydroxylation is 2. The first-order valence-corrected chi connectivity index (χ1v) is 10.3. The van der Waals surface area contributed by atoms with Crippen molar-refractivity contribution >= 4 is 11.8 Å². The van der Waals surface area contributed by atoms with Crippen LogP contribution in [0.3, 0.4) is 0 Å². The van der Waals surface area contributed by atoms with Crippen molar-refractivity contribution in [2.24, 2.45) is 0 Å². The molecule has 0 radical (unpaired) electrons. The Morgan fingerprint density at radius 1 is 1.13 bits per heavy atom. The van der Waals surface area contributed by atoms with Gasteiger partial charge >= 0.3 is 0 Å². The van der Waals surface area contributed by atoms with E-state index in [1.54, 1.807) is 25.1 Å². The average Bonchev–Trinajstić information content (AvgIpc) is 2.71. The lowest BCUT2D eigenvalue weighted by atomic mass is 10.1. The number of rotatable bonds is 9. The van der Waals surface area contributed by atoms with Crippen molar-refractivity contribution in [3.63, 3.8) is 0 Å². The molecule has 0 saturated heterocycles. The lowest BCUT2D eigenvalue weighted by Crippen LogP contribution is -2.50. The highest BCUT2D eigenvalue weighted by Crippen LogP contribution is 2.19. The summed E-state index contributed by atoms with van der Waals surface area (Å²) < 4.78 is 19.9. The third-order valence-electron chi connectivity index (χ3n) is 5.15. The third-order valence-corrected chi connectivity index (χ3v) is 5.15. The zero-order valence-corrected chi connectivity index (χ0v) is 18.4. The number of amides is 2. The van der Waals surface area contributed by atoms with E-state index in [0.717, 1.165) is 17.5 Å². The van der Waals surface area contributed by atoms with Gasteiger partial charge in [-0.3, -0.25) is 9.59 Å². The SMILES string of the molecule is CCC(C)NC(=O)C(C)N(Cc1ccccc1F)C(=O)COc1ccc(C)cc1C. The first kappa shape index (κ1) is 23.4. The summed E-state index contributed by atoms with van der Waals surface area (Å²) in [5.41, 5.74) is 2.37. The molecular weight excluding hydrogens is 383 g/mol. The molecule has 2 aromatic rings. The molecule has 0 spiro atoms. The van der Waals surface area contributed by atoms with Crippen LogP contribution >= 0.6 is 0 Å². The molecule has 0 aliphatic rings. The summed E-state index contributed by atoms with van der Waals surface area (Å²) in [5.74, 6) is -0.470. The van der Waals surface area contributed by atoms with Crippen LogP contribution in [0.1, 0.15) is 43.9 Å². The Balaban J connectivity index is 2.19. The van der Waals surface area contributed by atoms with Crippen LogP contribution in [-0.4, -0.2) is 35.4 Å². The van der Waals surface area contributed by atoms with Crippen molar-refractivity contribution in [1.29, 1.82) is 0 Å². The summed E-state index contributed by atoms with van der Waals surface area (Å²) in [6.45, 7) is 9.15. The molecular formula is C24H31FN2O3. The number of ether oxygens (including phenoxy) is 1. The lowest BCUT2D eigenvalue weighted by molar-refractivity contribution is -0.142. The summed E-state index contributed by atoms with van der Waals surface area (Å²) >= 11 is 0. The predicted molar refractivity (Wildman–Crippen MR) is 116 cm³/mol. The fourth-order valence-electron chi connectivity index (χ4n) is 3.04. The average molecular weight is 415 g/mol. The van der Waals surface area contributed by atoms with Crippen LogP contribution in [0.25, 0.3) is 0 Å². The number of hydrogen-bond donors (Lipinski definition) is 1. The fourth-order valence-corrected chi connectivity index (χ4v) is 3.04.